The van der Waals surface area contributed by atoms with Gasteiger partial charge in [-0.1, -0.05) is 12.5 Å². The molecule has 1 aromatic carbocycles. The second kappa shape index (κ2) is 6.84. The predicted octanol–water partition coefficient (Wildman–Crippen LogP) is 1.73. The highest BCUT2D eigenvalue weighted by atomic mass is 32.2. The molecule has 1 atom stereocenters. The van der Waals surface area contributed by atoms with Gasteiger partial charge in [0.2, 0.25) is 17.7 Å². The number of carbonyl (C=O) groups excluding carboxylic acids is 3. The van der Waals surface area contributed by atoms with E-state index < -0.39 is 11.9 Å². The lowest BCUT2D eigenvalue weighted by atomic mass is 9.84. The zero-order valence-corrected chi connectivity index (χ0v) is 14.4. The molecule has 1 aliphatic carbocycles. The van der Waals surface area contributed by atoms with Gasteiger partial charge in [0, 0.05) is 22.9 Å². The second-order valence-electron chi connectivity index (χ2n) is 6.28. The third-order valence-corrected chi connectivity index (χ3v) is 5.79. The van der Waals surface area contributed by atoms with Gasteiger partial charge >= 0.3 is 0 Å². The van der Waals surface area contributed by atoms with Crippen molar-refractivity contribution in [1.82, 2.24) is 4.90 Å². The molecule has 3 rings (SSSR count). The number of carbonyl (C=O) groups is 3. The third-order valence-electron chi connectivity index (χ3n) is 4.78. The maximum Gasteiger partial charge on any atom is 0.249 e. The number of thioether (sulfide) groups is 1. The van der Waals surface area contributed by atoms with Crippen LogP contribution in [0.25, 0.3) is 0 Å². The molecule has 7 heteroatoms. The molecular formula is C17H21N3O3S. The summed E-state index contributed by atoms with van der Waals surface area (Å²) in [4.78, 5) is 38.3. The molecule has 1 heterocycles. The molecule has 1 aromatic rings. The predicted molar refractivity (Wildman–Crippen MR) is 93.6 cm³/mol. The first kappa shape index (κ1) is 16.8. The maximum absolute atomic E-state index is 12.7. The van der Waals surface area contributed by atoms with Crippen LogP contribution >= 0.6 is 11.8 Å². The van der Waals surface area contributed by atoms with Crippen LogP contribution in [-0.2, 0) is 9.59 Å². The van der Waals surface area contributed by atoms with Crippen LogP contribution in [0.5, 0.6) is 0 Å². The summed E-state index contributed by atoms with van der Waals surface area (Å²) in [7, 11) is 0. The second-order valence-corrected chi connectivity index (χ2v) is 7.28. The Hall–Kier alpha value is -2.02. The molecular weight excluding hydrogens is 326 g/mol. The van der Waals surface area contributed by atoms with Crippen molar-refractivity contribution < 1.29 is 14.4 Å². The Bertz CT molecular complexity index is 688. The van der Waals surface area contributed by atoms with E-state index in [0.29, 0.717) is 28.4 Å². The largest absolute Gasteiger partial charge is 0.366 e. The van der Waals surface area contributed by atoms with Crippen molar-refractivity contribution in [2.75, 3.05) is 16.9 Å². The van der Waals surface area contributed by atoms with Crippen molar-refractivity contribution in [1.29, 1.82) is 0 Å². The fourth-order valence-electron chi connectivity index (χ4n) is 3.02. The summed E-state index contributed by atoms with van der Waals surface area (Å²) >= 11 is 1.59. The van der Waals surface area contributed by atoms with Gasteiger partial charge in [0.15, 0.2) is 0 Å². The van der Waals surface area contributed by atoms with Crippen LogP contribution in [0.1, 0.15) is 35.2 Å². The molecule has 6 nitrogen and oxygen atoms in total. The van der Waals surface area contributed by atoms with E-state index in [0.717, 1.165) is 19.3 Å². The number of hydrogen-bond acceptors (Lipinski definition) is 4. The van der Waals surface area contributed by atoms with Crippen LogP contribution in [-0.4, -0.2) is 40.3 Å². The van der Waals surface area contributed by atoms with Crippen molar-refractivity contribution in [3.05, 3.63) is 29.3 Å². The lowest BCUT2D eigenvalue weighted by Gasteiger charge is -2.31. The van der Waals surface area contributed by atoms with Gasteiger partial charge in [-0.05, 0) is 37.5 Å². The summed E-state index contributed by atoms with van der Waals surface area (Å²) in [5.74, 6) is 0.596. The minimum absolute atomic E-state index is 0.0823. The van der Waals surface area contributed by atoms with Crippen LogP contribution in [0.15, 0.2) is 18.2 Å². The summed E-state index contributed by atoms with van der Waals surface area (Å²) in [6, 6.07) is 4.59. The van der Waals surface area contributed by atoms with Crippen LogP contribution in [0.3, 0.4) is 0 Å². The number of nitrogens with one attached hydrogen (secondary N) is 1. The minimum atomic E-state index is -0.526. The summed E-state index contributed by atoms with van der Waals surface area (Å²) in [5.41, 5.74) is 6.93. The minimum Gasteiger partial charge on any atom is -0.366 e. The fourth-order valence-corrected chi connectivity index (χ4v) is 4.18. The number of benzene rings is 1. The number of rotatable bonds is 4. The van der Waals surface area contributed by atoms with Crippen molar-refractivity contribution in [2.45, 2.75) is 32.2 Å². The first-order chi connectivity index (χ1) is 11.5. The number of nitrogens with two attached hydrogens (primary N) is 1. The number of hydrogen-bond donors (Lipinski definition) is 2. The van der Waals surface area contributed by atoms with Crippen LogP contribution in [0.2, 0.25) is 0 Å². The Labute approximate surface area is 145 Å². The first-order valence-corrected chi connectivity index (χ1v) is 9.23. The van der Waals surface area contributed by atoms with E-state index >= 15 is 0 Å². The van der Waals surface area contributed by atoms with E-state index in [9.17, 15) is 14.4 Å². The number of anilines is 1. The van der Waals surface area contributed by atoms with Crippen molar-refractivity contribution in [2.24, 2.45) is 11.7 Å². The molecule has 128 valence electrons. The van der Waals surface area contributed by atoms with Gasteiger partial charge in [-0.25, -0.2) is 0 Å². The Morgan fingerprint density at radius 2 is 2.04 bits per heavy atom. The summed E-state index contributed by atoms with van der Waals surface area (Å²) in [6.45, 7) is 1.75. The standard InChI is InChI=1S/C17H21N3O3S/c1-10-12(15(18)21)6-3-7-13(10)19-16(22)14-8-24-9-20(14)17(23)11-4-2-5-11/h3,6-7,11,14H,2,4-5,8-9H2,1H3,(H2,18,21)(H,19,22). The van der Waals surface area contributed by atoms with Gasteiger partial charge in [0.05, 0.1) is 5.88 Å². The Balaban J connectivity index is 1.73. The molecule has 2 fully saturated rings. The molecule has 1 saturated heterocycles. The maximum atomic E-state index is 12.7. The first-order valence-electron chi connectivity index (χ1n) is 8.07. The van der Waals surface area contributed by atoms with Crippen LogP contribution in [0.4, 0.5) is 5.69 Å². The molecule has 3 N–H and O–H groups in total. The van der Waals surface area contributed by atoms with E-state index in [1.807, 2.05) is 0 Å². The molecule has 1 saturated carbocycles. The van der Waals surface area contributed by atoms with Gasteiger partial charge in [0.1, 0.15) is 6.04 Å². The highest BCUT2D eigenvalue weighted by Crippen LogP contribution is 2.32. The zero-order valence-electron chi connectivity index (χ0n) is 13.6. The molecule has 0 radical (unpaired) electrons. The lowest BCUT2D eigenvalue weighted by Crippen LogP contribution is -2.48. The molecule has 3 amide bonds. The van der Waals surface area contributed by atoms with Gasteiger partial charge in [0.25, 0.3) is 0 Å². The molecule has 0 aromatic heterocycles. The van der Waals surface area contributed by atoms with Crippen molar-refractivity contribution in [3.63, 3.8) is 0 Å². The number of amides is 3. The molecule has 0 bridgehead atoms. The summed E-state index contributed by atoms with van der Waals surface area (Å²) in [6.07, 6.45) is 2.94. The van der Waals surface area contributed by atoms with E-state index in [2.05, 4.69) is 5.32 Å². The Morgan fingerprint density at radius 1 is 1.29 bits per heavy atom. The Kier molecular flexibility index (Phi) is 4.80. The third kappa shape index (κ3) is 3.13. The summed E-state index contributed by atoms with van der Waals surface area (Å²) < 4.78 is 0. The normalized spacial score (nSPS) is 20.5. The van der Waals surface area contributed by atoms with E-state index in [1.165, 1.54) is 0 Å². The molecule has 0 spiro atoms. The average Bonchev–Trinajstić information content (AvgIpc) is 2.96. The molecule has 24 heavy (non-hydrogen) atoms. The zero-order chi connectivity index (χ0) is 17.3. The molecule has 1 aliphatic heterocycles. The highest BCUT2D eigenvalue weighted by Gasteiger charge is 2.39. The molecule has 2 aliphatic rings. The average molecular weight is 347 g/mol. The lowest BCUT2D eigenvalue weighted by molar-refractivity contribution is -0.141. The van der Waals surface area contributed by atoms with E-state index in [-0.39, 0.29) is 17.7 Å². The van der Waals surface area contributed by atoms with Gasteiger partial charge in [-0.3, -0.25) is 14.4 Å². The van der Waals surface area contributed by atoms with E-state index in [4.69, 9.17) is 5.73 Å². The topological polar surface area (TPSA) is 92.5 Å². The van der Waals surface area contributed by atoms with Crippen LogP contribution in [0, 0.1) is 12.8 Å². The summed E-state index contributed by atoms with van der Waals surface area (Å²) in [5, 5.41) is 2.85. The molecule has 1 unspecified atom stereocenters. The smallest absolute Gasteiger partial charge is 0.249 e. The van der Waals surface area contributed by atoms with Gasteiger partial charge in [-0.2, -0.15) is 0 Å². The van der Waals surface area contributed by atoms with Gasteiger partial charge < -0.3 is 16.0 Å². The highest BCUT2D eigenvalue weighted by molar-refractivity contribution is 7.99. The van der Waals surface area contributed by atoms with Gasteiger partial charge in [-0.15, -0.1) is 11.8 Å². The Morgan fingerprint density at radius 3 is 2.67 bits per heavy atom. The van der Waals surface area contributed by atoms with Crippen LogP contribution < -0.4 is 11.1 Å². The van der Waals surface area contributed by atoms with Crippen molar-refractivity contribution in [3.8, 4) is 0 Å². The van der Waals surface area contributed by atoms with E-state index in [1.54, 1.807) is 41.8 Å². The number of nitrogens with zero attached hydrogens (tertiary/aromatic N) is 1. The fraction of sp³-hybridized carbons (Fsp3) is 0.471. The quantitative estimate of drug-likeness (QED) is 0.867. The SMILES string of the molecule is Cc1c(NC(=O)C2CSCN2C(=O)C2CCC2)cccc1C(N)=O. The monoisotopic (exact) mass is 347 g/mol. The van der Waals surface area contributed by atoms with Crippen molar-refractivity contribution >= 4 is 35.2 Å². The number of primary amides is 1.